The molecule has 53 heavy (non-hydrogen) atoms. The topological polar surface area (TPSA) is 99.3 Å². The van der Waals surface area contributed by atoms with Gasteiger partial charge in [-0.1, -0.05) is 48.6 Å². The molecule has 4 aromatic carbocycles. The van der Waals surface area contributed by atoms with E-state index in [1.807, 2.05) is 73.3 Å². The van der Waals surface area contributed by atoms with E-state index >= 15 is 0 Å². The fraction of sp³-hybridized carbons (Fsp3) is 0.333. The second-order valence-corrected chi connectivity index (χ2v) is 14.1. The van der Waals surface area contributed by atoms with Crippen LogP contribution in [0.3, 0.4) is 0 Å². The fourth-order valence-corrected chi connectivity index (χ4v) is 7.62. The average molecular weight is 726 g/mol. The summed E-state index contributed by atoms with van der Waals surface area (Å²) in [6.07, 6.45) is -0.616. The van der Waals surface area contributed by atoms with E-state index in [9.17, 15) is 28.2 Å². The average Bonchev–Trinajstić information content (AvgIpc) is 3.88. The molecule has 2 aliphatic rings. The van der Waals surface area contributed by atoms with E-state index in [4.69, 9.17) is 14.1 Å². The van der Waals surface area contributed by atoms with Crippen LogP contribution in [0.1, 0.15) is 51.8 Å². The second-order valence-electron chi connectivity index (χ2n) is 14.1. The molecule has 276 valence electrons. The van der Waals surface area contributed by atoms with E-state index in [2.05, 4.69) is 4.90 Å². The van der Waals surface area contributed by atoms with Crippen LogP contribution >= 0.6 is 0 Å². The highest BCUT2D eigenvalue weighted by Gasteiger charge is 2.34. The normalized spacial score (nSPS) is 18.5. The maximum atomic E-state index is 14.4. The summed E-state index contributed by atoms with van der Waals surface area (Å²) in [5, 5.41) is 19.3. The summed E-state index contributed by atoms with van der Waals surface area (Å²) in [6.45, 7) is 7.16. The predicted octanol–water partition coefficient (Wildman–Crippen LogP) is 8.45. The van der Waals surface area contributed by atoms with Crippen molar-refractivity contribution < 1.29 is 37.3 Å². The Balaban J connectivity index is 1.16. The Kier molecular flexibility index (Phi) is 10.2. The third-order valence-electron chi connectivity index (χ3n) is 10.6. The number of β-amino-alcohol motifs (C(OH)–C–C–N with tert-alkyl or cyclic N) is 1. The van der Waals surface area contributed by atoms with Gasteiger partial charge in [0.2, 0.25) is 5.89 Å². The molecular weight excluding hydrogens is 683 g/mol. The highest BCUT2D eigenvalue weighted by Crippen LogP contribution is 2.39. The minimum absolute atomic E-state index is 0.00606. The Hall–Kier alpha value is -4.97. The molecule has 7 rings (SSSR count). The maximum absolute atomic E-state index is 14.4. The van der Waals surface area contributed by atoms with Crippen LogP contribution in [0.25, 0.3) is 45.8 Å². The van der Waals surface area contributed by atoms with Gasteiger partial charge in [-0.05, 0) is 103 Å². The number of aliphatic hydroxyl groups excluding tert-OH is 1. The summed E-state index contributed by atoms with van der Waals surface area (Å²) in [7, 11) is 1.45. The molecule has 2 N–H and O–H groups in total. The van der Waals surface area contributed by atoms with Crippen molar-refractivity contribution in [2.24, 2.45) is 5.92 Å². The number of ether oxygens (including phenoxy) is 1. The largest absolute Gasteiger partial charge is 0.496 e. The molecule has 11 heteroatoms. The van der Waals surface area contributed by atoms with Gasteiger partial charge in [0.15, 0.2) is 5.58 Å². The molecule has 0 bridgehead atoms. The number of methoxy groups -OCH3 is 1. The Morgan fingerprint density at radius 1 is 0.906 bits per heavy atom. The SMILES string of the molecule is COc1cc(/C=C/c2cccc(-c3cccc(-c4nc5cc(CN6CC[C@H](C(=O)O)C6)ccc5o4)c3C)c2C)c(C(F)(F)F)cc1CN1CC[C@H](O)C1. The predicted molar refractivity (Wildman–Crippen MR) is 198 cm³/mol. The number of carboxylic acid groups (broad SMARTS) is 1. The molecule has 8 nitrogen and oxygen atoms in total. The first-order valence-electron chi connectivity index (χ1n) is 17.8. The molecule has 0 unspecified atom stereocenters. The van der Waals surface area contributed by atoms with Gasteiger partial charge < -0.3 is 19.4 Å². The number of carbonyl (C=O) groups is 1. The quantitative estimate of drug-likeness (QED) is 0.139. The van der Waals surface area contributed by atoms with Gasteiger partial charge in [0, 0.05) is 43.9 Å². The van der Waals surface area contributed by atoms with Crippen LogP contribution in [0.15, 0.2) is 71.1 Å². The Morgan fingerprint density at radius 3 is 2.30 bits per heavy atom. The van der Waals surface area contributed by atoms with E-state index < -0.39 is 23.8 Å². The number of hydrogen-bond donors (Lipinski definition) is 2. The summed E-state index contributed by atoms with van der Waals surface area (Å²) in [5.41, 5.74) is 7.45. The van der Waals surface area contributed by atoms with Gasteiger partial charge in [-0.2, -0.15) is 13.2 Å². The number of aliphatic hydroxyl groups is 1. The summed E-state index contributed by atoms with van der Waals surface area (Å²) in [5.74, 6) is -0.236. The van der Waals surface area contributed by atoms with Gasteiger partial charge in [0.05, 0.1) is 24.7 Å². The monoisotopic (exact) mass is 725 g/mol. The zero-order chi connectivity index (χ0) is 37.4. The molecule has 0 aliphatic carbocycles. The standard InChI is InChI=1S/C42H42F3N3O5/c1-25-28(11-12-29-20-39(52-3)31(19-36(29)42(43,44)45)23-48-17-15-32(49)24-48)6-4-7-33(25)34-8-5-9-35(26(34)2)40-46-37-18-27(10-13-38(37)53-40)21-47-16-14-30(22-47)41(50)51/h4-13,18-20,30,32,49H,14-17,21-24H2,1-3H3,(H,50,51)/b12-11+/t30-,32-/m0/s1. The summed E-state index contributed by atoms with van der Waals surface area (Å²) < 4.78 is 55.0. The van der Waals surface area contributed by atoms with Gasteiger partial charge in [-0.25, -0.2) is 4.98 Å². The number of benzene rings is 4. The molecule has 2 saturated heterocycles. The fourth-order valence-electron chi connectivity index (χ4n) is 7.62. The van der Waals surface area contributed by atoms with Crippen LogP contribution in [-0.4, -0.2) is 70.4 Å². The minimum atomic E-state index is -4.58. The van der Waals surface area contributed by atoms with Crippen molar-refractivity contribution in [3.63, 3.8) is 0 Å². The van der Waals surface area contributed by atoms with Crippen molar-refractivity contribution in [2.75, 3.05) is 33.3 Å². The van der Waals surface area contributed by atoms with Crippen molar-refractivity contribution in [3.05, 3.63) is 106 Å². The van der Waals surface area contributed by atoms with Gasteiger partial charge in [-0.3, -0.25) is 14.6 Å². The Labute approximate surface area is 306 Å². The lowest BCUT2D eigenvalue weighted by Gasteiger charge is -2.20. The van der Waals surface area contributed by atoms with Gasteiger partial charge >= 0.3 is 12.1 Å². The third kappa shape index (κ3) is 7.74. The van der Waals surface area contributed by atoms with E-state index in [0.29, 0.717) is 61.8 Å². The zero-order valence-corrected chi connectivity index (χ0v) is 29.9. The summed E-state index contributed by atoms with van der Waals surface area (Å²) in [6, 6.07) is 20.2. The van der Waals surface area contributed by atoms with Crippen molar-refractivity contribution in [3.8, 4) is 28.3 Å². The lowest BCUT2D eigenvalue weighted by atomic mass is 9.91. The Bertz CT molecular complexity index is 2190. The molecule has 2 fully saturated rings. The number of nitrogens with zero attached hydrogens (tertiary/aromatic N) is 3. The van der Waals surface area contributed by atoms with Crippen molar-refractivity contribution in [1.29, 1.82) is 0 Å². The molecule has 2 aliphatic heterocycles. The number of rotatable bonds is 10. The van der Waals surface area contributed by atoms with Gasteiger partial charge in [0.25, 0.3) is 0 Å². The van der Waals surface area contributed by atoms with Crippen LogP contribution in [0.4, 0.5) is 13.2 Å². The lowest BCUT2D eigenvalue weighted by molar-refractivity contribution is -0.141. The maximum Gasteiger partial charge on any atom is 0.417 e. The first kappa shape index (κ1) is 36.4. The number of aliphatic carboxylic acids is 1. The van der Waals surface area contributed by atoms with Crippen LogP contribution in [0.5, 0.6) is 5.75 Å². The second kappa shape index (κ2) is 14.8. The van der Waals surface area contributed by atoms with Crippen LogP contribution in [0, 0.1) is 19.8 Å². The van der Waals surface area contributed by atoms with Gasteiger partial charge in [0.1, 0.15) is 11.3 Å². The molecule has 0 radical (unpaired) electrons. The van der Waals surface area contributed by atoms with Crippen LogP contribution in [-0.2, 0) is 24.1 Å². The number of alkyl halides is 3. The molecule has 3 heterocycles. The number of hydrogen-bond acceptors (Lipinski definition) is 7. The highest BCUT2D eigenvalue weighted by molar-refractivity contribution is 5.84. The van der Waals surface area contributed by atoms with E-state index in [-0.39, 0.29) is 18.0 Å². The van der Waals surface area contributed by atoms with Gasteiger partial charge in [-0.15, -0.1) is 0 Å². The lowest BCUT2D eigenvalue weighted by Crippen LogP contribution is -2.22. The number of likely N-dealkylation sites (tertiary alicyclic amines) is 2. The number of carboxylic acids is 1. The number of aromatic nitrogens is 1. The molecule has 0 spiro atoms. The number of halogens is 3. The minimum Gasteiger partial charge on any atom is -0.496 e. The zero-order valence-electron chi connectivity index (χ0n) is 29.9. The molecule has 0 amide bonds. The van der Waals surface area contributed by atoms with E-state index in [0.717, 1.165) is 57.1 Å². The van der Waals surface area contributed by atoms with Crippen LogP contribution < -0.4 is 4.74 Å². The highest BCUT2D eigenvalue weighted by atomic mass is 19.4. The number of oxazole rings is 1. The van der Waals surface area contributed by atoms with Crippen molar-refractivity contribution in [2.45, 2.75) is 52.1 Å². The molecule has 1 aromatic heterocycles. The smallest absolute Gasteiger partial charge is 0.417 e. The summed E-state index contributed by atoms with van der Waals surface area (Å²) >= 11 is 0. The van der Waals surface area contributed by atoms with E-state index in [1.165, 1.54) is 19.3 Å². The van der Waals surface area contributed by atoms with Crippen molar-refractivity contribution >= 4 is 29.2 Å². The van der Waals surface area contributed by atoms with E-state index in [1.54, 1.807) is 6.08 Å². The molecule has 5 aromatic rings. The molecule has 0 saturated carbocycles. The third-order valence-corrected chi connectivity index (χ3v) is 10.6. The first-order chi connectivity index (χ1) is 25.4. The Morgan fingerprint density at radius 2 is 1.60 bits per heavy atom. The van der Waals surface area contributed by atoms with Crippen LogP contribution in [0.2, 0.25) is 0 Å². The molecular formula is C42H42F3N3O5. The number of fused-ring (bicyclic) bond motifs is 1. The van der Waals surface area contributed by atoms with Crippen molar-refractivity contribution in [1.82, 2.24) is 14.8 Å². The first-order valence-corrected chi connectivity index (χ1v) is 17.8. The molecule has 2 atom stereocenters. The summed E-state index contributed by atoms with van der Waals surface area (Å²) in [4.78, 5) is 20.3.